The largest absolute Gasteiger partial charge is 0.310 e. The lowest BCUT2D eigenvalue weighted by molar-refractivity contribution is 0.712. The third kappa shape index (κ3) is 7.64. The van der Waals surface area contributed by atoms with Gasteiger partial charge in [0.15, 0.2) is 0 Å². The van der Waals surface area contributed by atoms with Crippen LogP contribution >= 0.6 is 70.8 Å². The second kappa shape index (κ2) is 12.8. The van der Waals surface area contributed by atoms with Crippen molar-refractivity contribution in [2.45, 2.75) is 16.3 Å². The van der Waals surface area contributed by atoms with Crippen LogP contribution in [0.5, 0.6) is 0 Å². The summed E-state index contributed by atoms with van der Waals surface area (Å²) in [5.74, 6) is 0.847. The van der Waals surface area contributed by atoms with Crippen LogP contribution in [-0.2, 0) is 6.54 Å². The first-order valence-corrected chi connectivity index (χ1v) is 11.1. The molecule has 0 radical (unpaired) electrons. The summed E-state index contributed by atoms with van der Waals surface area (Å²) >= 11 is 29.8. The molecule has 1 aromatic heterocycles. The normalized spacial score (nSPS) is 10.3. The van der Waals surface area contributed by atoms with Gasteiger partial charge < -0.3 is 5.32 Å². The van der Waals surface area contributed by atoms with Gasteiger partial charge in [-0.25, -0.2) is 0 Å². The van der Waals surface area contributed by atoms with Gasteiger partial charge in [-0.05, 0) is 24.3 Å². The molecule has 0 spiro atoms. The zero-order valence-electron chi connectivity index (χ0n) is 14.6. The molecule has 0 saturated heterocycles. The van der Waals surface area contributed by atoms with Crippen molar-refractivity contribution in [3.8, 4) is 0 Å². The quantitative estimate of drug-likeness (QED) is 0.288. The van der Waals surface area contributed by atoms with Crippen molar-refractivity contribution < 1.29 is 0 Å². The molecule has 0 amide bonds. The average Bonchev–Trinajstić information content (AvgIpc) is 2.68. The maximum absolute atomic E-state index is 6.09. The van der Waals surface area contributed by atoms with Crippen LogP contribution in [0.2, 0.25) is 20.1 Å². The van der Waals surface area contributed by atoms with E-state index < -0.39 is 0 Å². The summed E-state index contributed by atoms with van der Waals surface area (Å²) < 4.78 is 0. The van der Waals surface area contributed by atoms with Crippen LogP contribution in [0.15, 0.2) is 64.8 Å². The molecule has 2 aromatic carbocycles. The highest BCUT2D eigenvalue weighted by molar-refractivity contribution is 7.99. The van der Waals surface area contributed by atoms with Crippen molar-refractivity contribution in [3.63, 3.8) is 0 Å². The van der Waals surface area contributed by atoms with E-state index in [1.165, 1.54) is 11.8 Å². The number of benzene rings is 2. The summed E-state index contributed by atoms with van der Waals surface area (Å²) in [5.41, 5.74) is 0.967. The second-order valence-corrected chi connectivity index (χ2v) is 8.40. The van der Waals surface area contributed by atoms with Gasteiger partial charge in [-0.15, -0.1) is 0 Å². The third-order valence-electron chi connectivity index (χ3n) is 3.25. The Hall–Kier alpha value is -0.660. The molecule has 3 nitrogen and oxygen atoms in total. The predicted molar refractivity (Wildman–Crippen MR) is 125 cm³/mol. The molecule has 1 heterocycles. The minimum atomic E-state index is 0.582. The van der Waals surface area contributed by atoms with Crippen molar-refractivity contribution in [1.82, 2.24) is 15.3 Å². The summed E-state index contributed by atoms with van der Waals surface area (Å²) in [7, 11) is 0. The highest BCUT2D eigenvalue weighted by Crippen LogP contribution is 2.43. The Labute approximate surface area is 194 Å². The molecule has 3 rings (SSSR count). The van der Waals surface area contributed by atoms with Crippen LogP contribution in [0.1, 0.15) is 5.69 Å². The van der Waals surface area contributed by atoms with Crippen LogP contribution in [0.25, 0.3) is 0 Å². The maximum atomic E-state index is 6.09. The molecule has 0 atom stereocenters. The number of aromatic nitrogens is 2. The number of nitrogens with zero attached hydrogens (tertiary/aromatic N) is 2. The molecule has 0 bridgehead atoms. The van der Waals surface area contributed by atoms with Crippen molar-refractivity contribution in [2.75, 3.05) is 12.3 Å². The maximum Gasteiger partial charge on any atom is 0.0724 e. The Kier molecular flexibility index (Phi) is 10.8. The van der Waals surface area contributed by atoms with Gasteiger partial charge >= 0.3 is 0 Å². The highest BCUT2D eigenvalue weighted by Gasteiger charge is 2.12. The van der Waals surface area contributed by atoms with Gasteiger partial charge in [0, 0.05) is 47.2 Å². The van der Waals surface area contributed by atoms with Crippen molar-refractivity contribution in [1.29, 1.82) is 0 Å². The molecule has 3 aromatic rings. The average molecular weight is 493 g/mol. The molecule has 148 valence electrons. The van der Waals surface area contributed by atoms with E-state index in [0.717, 1.165) is 34.3 Å². The highest BCUT2D eigenvalue weighted by atomic mass is 35.5. The monoisotopic (exact) mass is 491 g/mol. The Bertz CT molecular complexity index is 792. The zero-order valence-corrected chi connectivity index (χ0v) is 19.3. The molecule has 0 saturated carbocycles. The Balaban J connectivity index is 0.000000221. The molecule has 0 aliphatic heterocycles. The van der Waals surface area contributed by atoms with Crippen molar-refractivity contribution in [2.24, 2.45) is 0 Å². The summed E-state index contributed by atoms with van der Waals surface area (Å²) in [5, 5.41) is 5.50. The van der Waals surface area contributed by atoms with Gasteiger partial charge in [-0.2, -0.15) is 12.6 Å². The summed E-state index contributed by atoms with van der Waals surface area (Å²) in [6.07, 6.45) is 5.12. The van der Waals surface area contributed by atoms with Crippen LogP contribution in [-0.4, -0.2) is 22.3 Å². The topological polar surface area (TPSA) is 37.8 Å². The van der Waals surface area contributed by atoms with E-state index in [1.807, 2.05) is 0 Å². The standard InChI is InChI=1S/C12H6Cl4S.C7H11N3S/c13-7-3-1-4-8(14)11(7)17-12-9(15)5-2-6-10(12)16;11-4-3-9-6-7-5-8-1-2-10-7/h1-6H;1-2,5,9,11H,3-4,6H2. The second-order valence-electron chi connectivity index (χ2n) is 5.30. The third-order valence-corrected chi connectivity index (χ3v) is 6.47. The van der Waals surface area contributed by atoms with Gasteiger partial charge in [0.25, 0.3) is 0 Å². The van der Waals surface area contributed by atoms with E-state index in [-0.39, 0.29) is 0 Å². The first-order chi connectivity index (χ1) is 13.5. The predicted octanol–water partition coefficient (Wildman–Crippen LogP) is 6.95. The van der Waals surface area contributed by atoms with Crippen LogP contribution in [0, 0.1) is 0 Å². The van der Waals surface area contributed by atoms with Gasteiger partial charge in [0.2, 0.25) is 0 Å². The zero-order chi connectivity index (χ0) is 20.4. The SMILES string of the molecule is Clc1cccc(Cl)c1Sc1c(Cl)cccc1Cl.SCCNCc1cnccn1. The first kappa shape index (κ1) is 23.6. The van der Waals surface area contributed by atoms with E-state index in [1.54, 1.807) is 55.0 Å². The molecule has 9 heteroatoms. The lowest BCUT2D eigenvalue weighted by Crippen LogP contribution is -2.16. The summed E-state index contributed by atoms with van der Waals surface area (Å²) in [6.45, 7) is 1.67. The Morgan fingerprint density at radius 2 is 1.39 bits per heavy atom. The molecule has 0 fully saturated rings. The molecule has 1 N–H and O–H groups in total. The van der Waals surface area contributed by atoms with Crippen molar-refractivity contribution >= 4 is 70.8 Å². The molecular formula is C19H17Cl4N3S2. The number of hydrogen-bond acceptors (Lipinski definition) is 5. The number of nitrogens with one attached hydrogen (secondary N) is 1. The molecule has 0 aliphatic carbocycles. The van der Waals surface area contributed by atoms with Gasteiger partial charge in [0.05, 0.1) is 25.8 Å². The van der Waals surface area contributed by atoms with E-state index in [9.17, 15) is 0 Å². The summed E-state index contributed by atoms with van der Waals surface area (Å²) in [4.78, 5) is 9.55. The number of thiol groups is 1. The first-order valence-electron chi connectivity index (χ1n) is 8.15. The number of halogens is 4. The van der Waals surface area contributed by atoms with Crippen LogP contribution in [0.4, 0.5) is 0 Å². The fourth-order valence-corrected chi connectivity index (χ4v) is 4.26. The molecular weight excluding hydrogens is 476 g/mol. The summed E-state index contributed by atoms with van der Waals surface area (Å²) in [6, 6.07) is 10.7. The van der Waals surface area contributed by atoms with E-state index in [2.05, 4.69) is 27.9 Å². The molecule has 0 unspecified atom stereocenters. The minimum absolute atomic E-state index is 0.582. The lowest BCUT2D eigenvalue weighted by Gasteiger charge is -2.09. The number of hydrogen-bond donors (Lipinski definition) is 2. The molecule has 0 aliphatic rings. The van der Waals surface area contributed by atoms with Crippen molar-refractivity contribution in [3.05, 3.63) is 80.8 Å². The Morgan fingerprint density at radius 1 is 0.857 bits per heavy atom. The molecule has 28 heavy (non-hydrogen) atoms. The minimum Gasteiger partial charge on any atom is -0.310 e. The van der Waals surface area contributed by atoms with Crippen LogP contribution in [0.3, 0.4) is 0 Å². The lowest BCUT2D eigenvalue weighted by atomic mass is 10.3. The van der Waals surface area contributed by atoms with Gasteiger partial charge in [-0.3, -0.25) is 9.97 Å². The number of rotatable bonds is 6. The van der Waals surface area contributed by atoms with Gasteiger partial charge in [0.1, 0.15) is 0 Å². The fraction of sp³-hybridized carbons (Fsp3) is 0.158. The van der Waals surface area contributed by atoms with E-state index in [0.29, 0.717) is 20.1 Å². The van der Waals surface area contributed by atoms with Gasteiger partial charge in [-0.1, -0.05) is 70.3 Å². The van der Waals surface area contributed by atoms with E-state index >= 15 is 0 Å². The van der Waals surface area contributed by atoms with Crippen LogP contribution < -0.4 is 5.32 Å². The van der Waals surface area contributed by atoms with E-state index in [4.69, 9.17) is 46.4 Å². The Morgan fingerprint density at radius 3 is 1.82 bits per heavy atom. The smallest absolute Gasteiger partial charge is 0.0724 e. The fourth-order valence-electron chi connectivity index (χ4n) is 1.98.